The van der Waals surface area contributed by atoms with Gasteiger partial charge < -0.3 is 14.4 Å². The number of nitriles is 2. The molecular weight excluding hydrogens is 384 g/mol. The van der Waals surface area contributed by atoms with Crippen molar-refractivity contribution in [2.24, 2.45) is 0 Å². The molecule has 1 aliphatic heterocycles. The highest BCUT2D eigenvalue weighted by molar-refractivity contribution is 5.48. The van der Waals surface area contributed by atoms with Gasteiger partial charge >= 0.3 is 5.69 Å². The summed E-state index contributed by atoms with van der Waals surface area (Å²) in [6, 6.07) is 13.9. The van der Waals surface area contributed by atoms with Gasteiger partial charge in [-0.05, 0) is 23.8 Å². The fourth-order valence-electron chi connectivity index (χ4n) is 3.10. The number of nitrogens with zero attached hydrogens (tertiary/aromatic N) is 6. The molecule has 0 radical (unpaired) electrons. The highest BCUT2D eigenvalue weighted by atomic mass is 16.5. The van der Waals surface area contributed by atoms with Gasteiger partial charge in [0.2, 0.25) is 5.88 Å². The Morgan fingerprint density at radius 1 is 1.13 bits per heavy atom. The van der Waals surface area contributed by atoms with Crippen LogP contribution in [0.2, 0.25) is 0 Å². The molecule has 0 N–H and O–H groups in total. The van der Waals surface area contributed by atoms with Crippen molar-refractivity contribution >= 4 is 5.82 Å². The Bertz CT molecular complexity index is 1250. The second-order valence-electron chi connectivity index (χ2n) is 6.63. The summed E-state index contributed by atoms with van der Waals surface area (Å²) in [5.41, 5.74) is 0.914. The molecule has 1 aromatic carbocycles. The smallest absolute Gasteiger partial charge is 0.352 e. The summed E-state index contributed by atoms with van der Waals surface area (Å²) in [5, 5.41) is 18.4. The molecule has 0 saturated heterocycles. The second kappa shape index (κ2) is 7.94. The number of hydrogen-bond acceptors (Lipinski definition) is 8. The molecule has 0 bridgehead atoms. The third-order valence-corrected chi connectivity index (χ3v) is 4.64. The molecule has 0 fully saturated rings. The number of pyridine rings is 1. The quantitative estimate of drug-likeness (QED) is 0.640. The second-order valence-corrected chi connectivity index (χ2v) is 6.63. The molecule has 30 heavy (non-hydrogen) atoms. The van der Waals surface area contributed by atoms with Crippen molar-refractivity contribution in [1.29, 1.82) is 10.5 Å². The van der Waals surface area contributed by atoms with Crippen LogP contribution >= 0.6 is 0 Å². The van der Waals surface area contributed by atoms with Crippen molar-refractivity contribution in [3.63, 3.8) is 0 Å². The minimum absolute atomic E-state index is 0.141. The normalized spacial score (nSPS) is 12.0. The van der Waals surface area contributed by atoms with Gasteiger partial charge in [-0.2, -0.15) is 15.5 Å². The van der Waals surface area contributed by atoms with E-state index in [1.165, 1.54) is 12.3 Å². The minimum atomic E-state index is -0.345. The molecule has 0 saturated carbocycles. The molecule has 0 aliphatic carbocycles. The first kappa shape index (κ1) is 19.0. The fourth-order valence-corrected chi connectivity index (χ4v) is 3.10. The zero-order chi connectivity index (χ0) is 21.1. The van der Waals surface area contributed by atoms with E-state index in [2.05, 4.69) is 16.0 Å². The summed E-state index contributed by atoms with van der Waals surface area (Å²) in [4.78, 5) is 21.9. The highest BCUT2D eigenvalue weighted by Crippen LogP contribution is 2.27. The number of aromatic nitrogens is 3. The zero-order valence-corrected chi connectivity index (χ0v) is 16.1. The first-order valence-corrected chi connectivity index (χ1v) is 9.10. The van der Waals surface area contributed by atoms with Crippen molar-refractivity contribution in [1.82, 2.24) is 14.5 Å². The van der Waals surface area contributed by atoms with Gasteiger partial charge in [-0.25, -0.2) is 9.78 Å². The fraction of sp³-hybridized carbons (Fsp3) is 0.190. The largest absolute Gasteiger partial charge is 0.473 e. The first-order chi connectivity index (χ1) is 14.6. The summed E-state index contributed by atoms with van der Waals surface area (Å²) in [6.07, 6.45) is 1.46. The topological polar surface area (TPSA) is 117 Å². The Balaban J connectivity index is 1.50. The molecule has 9 heteroatoms. The van der Waals surface area contributed by atoms with Gasteiger partial charge in [-0.3, -0.25) is 4.57 Å². The summed E-state index contributed by atoms with van der Waals surface area (Å²) in [7, 11) is 1.91. The van der Waals surface area contributed by atoms with Crippen LogP contribution in [0.25, 0.3) is 0 Å². The number of rotatable bonds is 5. The molecule has 2 aromatic heterocycles. The molecule has 4 rings (SSSR count). The van der Waals surface area contributed by atoms with E-state index in [9.17, 15) is 10.1 Å². The highest BCUT2D eigenvalue weighted by Gasteiger charge is 2.19. The molecule has 0 spiro atoms. The lowest BCUT2D eigenvalue weighted by molar-refractivity contribution is 0.291. The van der Waals surface area contributed by atoms with E-state index in [0.717, 1.165) is 17.9 Å². The van der Waals surface area contributed by atoms with Gasteiger partial charge in [0.25, 0.3) is 0 Å². The van der Waals surface area contributed by atoms with E-state index >= 15 is 0 Å². The van der Waals surface area contributed by atoms with Crippen LogP contribution in [0.5, 0.6) is 17.4 Å². The van der Waals surface area contributed by atoms with Crippen LogP contribution in [0.4, 0.5) is 5.82 Å². The summed E-state index contributed by atoms with van der Waals surface area (Å²) in [6.45, 7) is 1.50. The maximum absolute atomic E-state index is 12.1. The zero-order valence-electron chi connectivity index (χ0n) is 16.1. The Morgan fingerprint density at radius 2 is 2.00 bits per heavy atom. The van der Waals surface area contributed by atoms with Crippen molar-refractivity contribution in [3.05, 3.63) is 69.9 Å². The van der Waals surface area contributed by atoms with Crippen LogP contribution in [-0.2, 0) is 13.2 Å². The maximum Gasteiger partial charge on any atom is 0.352 e. The molecule has 0 amide bonds. The van der Waals surface area contributed by atoms with Crippen LogP contribution < -0.4 is 20.1 Å². The summed E-state index contributed by atoms with van der Waals surface area (Å²) < 4.78 is 13.0. The Morgan fingerprint density at radius 3 is 2.80 bits per heavy atom. The number of ether oxygens (including phenoxy) is 2. The molecular formula is C21H16N6O3. The van der Waals surface area contributed by atoms with Crippen LogP contribution in [0.15, 0.2) is 47.4 Å². The Kier molecular flexibility index (Phi) is 5.02. The van der Waals surface area contributed by atoms with Crippen LogP contribution in [0, 0.1) is 22.7 Å². The van der Waals surface area contributed by atoms with Crippen molar-refractivity contribution < 1.29 is 9.47 Å². The first-order valence-electron chi connectivity index (χ1n) is 9.10. The molecule has 9 nitrogen and oxygen atoms in total. The predicted octanol–water partition coefficient (Wildman–Crippen LogP) is 2.20. The van der Waals surface area contributed by atoms with Crippen LogP contribution in [0.1, 0.15) is 16.8 Å². The van der Waals surface area contributed by atoms with Gasteiger partial charge in [-0.15, -0.1) is 0 Å². The van der Waals surface area contributed by atoms with E-state index in [1.807, 2.05) is 18.0 Å². The average Bonchev–Trinajstić information content (AvgIpc) is 3.14. The third-order valence-electron chi connectivity index (χ3n) is 4.64. The van der Waals surface area contributed by atoms with Gasteiger partial charge in [-0.1, -0.05) is 6.07 Å². The van der Waals surface area contributed by atoms with E-state index < -0.39 is 0 Å². The van der Waals surface area contributed by atoms with E-state index in [4.69, 9.17) is 14.7 Å². The van der Waals surface area contributed by atoms with E-state index in [0.29, 0.717) is 23.6 Å². The molecule has 148 valence electrons. The molecule has 3 heterocycles. The molecule has 3 aromatic rings. The molecule has 0 atom stereocenters. The maximum atomic E-state index is 12.1. The van der Waals surface area contributed by atoms with E-state index in [-0.39, 0.29) is 23.9 Å². The van der Waals surface area contributed by atoms with Gasteiger partial charge in [0.1, 0.15) is 41.8 Å². The molecule has 0 unspecified atom stereocenters. The number of anilines is 1. The monoisotopic (exact) mass is 400 g/mol. The lowest BCUT2D eigenvalue weighted by atomic mass is 10.1. The summed E-state index contributed by atoms with van der Waals surface area (Å²) >= 11 is 0. The molecule has 1 aliphatic rings. The van der Waals surface area contributed by atoms with Crippen molar-refractivity contribution in [2.75, 3.05) is 18.5 Å². The Labute approximate surface area is 172 Å². The SMILES string of the molecule is CN1CCn2c1cc(OCc1ccc(Oc3ccnc(C#N)c3)c(C#N)c1)nc2=O. The standard InChI is InChI=1S/C21H16N6O3/c1-26-6-7-27-20(26)10-19(25-21(27)28)29-13-14-2-3-18(15(8-14)11-22)30-17-4-5-24-16(9-17)12-23/h2-5,8-10H,6-7,13H2,1H3. The van der Waals surface area contributed by atoms with Crippen LogP contribution in [0.3, 0.4) is 0 Å². The van der Waals surface area contributed by atoms with Gasteiger partial charge in [0.15, 0.2) is 0 Å². The summed E-state index contributed by atoms with van der Waals surface area (Å²) in [5.74, 6) is 1.76. The van der Waals surface area contributed by atoms with Gasteiger partial charge in [0, 0.05) is 38.5 Å². The number of benzene rings is 1. The number of likely N-dealkylation sites (N-methyl/N-ethyl adjacent to an activating group) is 1. The Hall–Kier alpha value is -4.37. The van der Waals surface area contributed by atoms with Gasteiger partial charge in [0.05, 0.1) is 5.56 Å². The lowest BCUT2D eigenvalue weighted by Crippen LogP contribution is -2.22. The third kappa shape index (κ3) is 3.77. The van der Waals surface area contributed by atoms with E-state index in [1.54, 1.807) is 34.9 Å². The predicted molar refractivity (Wildman–Crippen MR) is 106 cm³/mol. The van der Waals surface area contributed by atoms with Crippen LogP contribution in [-0.4, -0.2) is 28.1 Å². The number of hydrogen-bond donors (Lipinski definition) is 0. The van der Waals surface area contributed by atoms with Crippen molar-refractivity contribution in [2.45, 2.75) is 13.2 Å². The number of fused-ring (bicyclic) bond motifs is 1. The minimum Gasteiger partial charge on any atom is -0.473 e. The average molecular weight is 400 g/mol. The van der Waals surface area contributed by atoms with Crippen molar-refractivity contribution in [3.8, 4) is 29.5 Å². The lowest BCUT2D eigenvalue weighted by Gasteiger charge is -2.13.